The third kappa shape index (κ3) is 4.91. The molecule has 1 nitrogen and oxygen atoms in total. The summed E-state index contributed by atoms with van der Waals surface area (Å²) in [5, 5.41) is 0.131. The summed E-state index contributed by atoms with van der Waals surface area (Å²) >= 11 is 6.20. The van der Waals surface area contributed by atoms with E-state index in [0.29, 0.717) is 16.7 Å². The molecule has 0 spiro atoms. The van der Waals surface area contributed by atoms with Crippen LogP contribution in [0.25, 0.3) is 11.3 Å². The van der Waals surface area contributed by atoms with Crippen molar-refractivity contribution in [3.8, 4) is 0 Å². The SMILES string of the molecule is C=C1C(Cl)=CC(c2ccccc2)=C(c2c(F)cc(C)cc2F)N1CC(F)F.CC. The van der Waals surface area contributed by atoms with Gasteiger partial charge in [-0.05, 0) is 36.3 Å². The zero-order valence-corrected chi connectivity index (χ0v) is 17.2. The predicted octanol–water partition coefficient (Wildman–Crippen LogP) is 7.38. The summed E-state index contributed by atoms with van der Waals surface area (Å²) in [6.45, 7) is 8.48. The molecule has 1 heterocycles. The number of halogens is 5. The molecule has 0 N–H and O–H groups in total. The number of benzene rings is 2. The van der Waals surface area contributed by atoms with E-state index in [1.807, 2.05) is 13.8 Å². The van der Waals surface area contributed by atoms with Crippen LogP contribution in [0.1, 0.15) is 30.5 Å². The van der Waals surface area contributed by atoms with Crippen molar-refractivity contribution >= 4 is 22.9 Å². The highest BCUT2D eigenvalue weighted by atomic mass is 35.5. The molecule has 0 amide bonds. The van der Waals surface area contributed by atoms with Crippen LogP contribution in [-0.2, 0) is 0 Å². The molecule has 0 saturated heterocycles. The highest BCUT2D eigenvalue weighted by Gasteiger charge is 2.31. The largest absolute Gasteiger partial charge is 0.334 e. The Labute approximate surface area is 173 Å². The molecule has 0 radical (unpaired) electrons. The monoisotopic (exact) mass is 423 g/mol. The van der Waals surface area contributed by atoms with Crippen LogP contribution in [0.15, 0.2) is 65.8 Å². The molecular formula is C23H22ClF4N. The molecule has 0 saturated carbocycles. The van der Waals surface area contributed by atoms with E-state index in [2.05, 4.69) is 6.58 Å². The summed E-state index contributed by atoms with van der Waals surface area (Å²) in [5.41, 5.74) is 0.977. The Morgan fingerprint density at radius 2 is 1.59 bits per heavy atom. The van der Waals surface area contributed by atoms with Gasteiger partial charge in [-0.25, -0.2) is 17.6 Å². The lowest BCUT2D eigenvalue weighted by Gasteiger charge is -2.34. The average molecular weight is 424 g/mol. The second kappa shape index (κ2) is 9.79. The summed E-state index contributed by atoms with van der Waals surface area (Å²) in [4.78, 5) is 1.08. The van der Waals surface area contributed by atoms with E-state index in [-0.39, 0.29) is 22.0 Å². The molecular weight excluding hydrogens is 402 g/mol. The first-order valence-electron chi connectivity index (χ1n) is 9.17. The van der Waals surface area contributed by atoms with Gasteiger partial charge in [-0.15, -0.1) is 0 Å². The highest BCUT2D eigenvalue weighted by Crippen LogP contribution is 2.42. The Bertz CT molecular complexity index is 926. The summed E-state index contributed by atoms with van der Waals surface area (Å²) in [5.74, 6) is -1.68. The molecule has 2 aromatic carbocycles. The van der Waals surface area contributed by atoms with Crippen LogP contribution in [-0.4, -0.2) is 17.9 Å². The van der Waals surface area contributed by atoms with Gasteiger partial charge in [0.15, 0.2) is 0 Å². The first-order chi connectivity index (χ1) is 13.8. The fraction of sp³-hybridized carbons (Fsp3) is 0.217. The minimum absolute atomic E-state index is 0.0223. The molecule has 0 fully saturated rings. The van der Waals surface area contributed by atoms with E-state index >= 15 is 0 Å². The number of aryl methyl sites for hydroxylation is 1. The van der Waals surface area contributed by atoms with Crippen LogP contribution in [0, 0.1) is 18.6 Å². The lowest BCUT2D eigenvalue weighted by atomic mass is 9.93. The number of allylic oxidation sites excluding steroid dienone is 3. The molecule has 29 heavy (non-hydrogen) atoms. The average Bonchev–Trinajstić information content (AvgIpc) is 2.68. The van der Waals surface area contributed by atoms with E-state index in [1.54, 1.807) is 37.3 Å². The number of rotatable bonds is 4. The van der Waals surface area contributed by atoms with E-state index in [4.69, 9.17) is 11.6 Å². The van der Waals surface area contributed by atoms with Crippen molar-refractivity contribution in [2.45, 2.75) is 27.2 Å². The van der Waals surface area contributed by atoms with E-state index in [9.17, 15) is 17.6 Å². The Morgan fingerprint density at radius 3 is 2.10 bits per heavy atom. The predicted molar refractivity (Wildman–Crippen MR) is 111 cm³/mol. The molecule has 6 heteroatoms. The van der Waals surface area contributed by atoms with Crippen LogP contribution in [0.5, 0.6) is 0 Å². The summed E-state index contributed by atoms with van der Waals surface area (Å²) in [6, 6.07) is 11.0. The molecule has 0 bridgehead atoms. The van der Waals surface area contributed by atoms with Gasteiger partial charge in [-0.3, -0.25) is 0 Å². The van der Waals surface area contributed by atoms with Gasteiger partial charge in [0.1, 0.15) is 11.6 Å². The highest BCUT2D eigenvalue weighted by molar-refractivity contribution is 6.33. The second-order valence-corrected chi connectivity index (χ2v) is 6.58. The topological polar surface area (TPSA) is 3.24 Å². The third-order valence-corrected chi connectivity index (χ3v) is 4.55. The lowest BCUT2D eigenvalue weighted by Crippen LogP contribution is -2.30. The molecule has 0 unspecified atom stereocenters. The normalized spacial score (nSPS) is 14.0. The minimum atomic E-state index is -2.76. The standard InChI is InChI=1S/C21H16ClF4N.C2H6/c1-12-8-17(23)20(18(24)9-12)21-15(14-6-4-3-5-7-14)10-16(22)13(2)27(21)11-19(25)26;1-2/h3-10,19H,2,11H2,1H3;1-2H3. The van der Waals surface area contributed by atoms with Gasteiger partial charge in [0.2, 0.25) is 0 Å². The van der Waals surface area contributed by atoms with E-state index in [0.717, 1.165) is 17.0 Å². The zero-order chi connectivity index (χ0) is 21.7. The third-order valence-electron chi connectivity index (χ3n) is 4.23. The summed E-state index contributed by atoms with van der Waals surface area (Å²) in [7, 11) is 0. The number of nitrogens with zero attached hydrogens (tertiary/aromatic N) is 1. The Hall–Kier alpha value is -2.53. The van der Waals surface area contributed by atoms with Crippen LogP contribution in [0.2, 0.25) is 0 Å². The van der Waals surface area contributed by atoms with E-state index in [1.165, 1.54) is 6.08 Å². The van der Waals surface area contributed by atoms with Gasteiger partial charge in [-0.1, -0.05) is 62.4 Å². The van der Waals surface area contributed by atoms with Crippen molar-refractivity contribution in [3.05, 3.63) is 94.2 Å². The van der Waals surface area contributed by atoms with Crippen molar-refractivity contribution in [1.29, 1.82) is 0 Å². The smallest absolute Gasteiger partial charge is 0.256 e. The maximum Gasteiger partial charge on any atom is 0.256 e. The summed E-state index contributed by atoms with van der Waals surface area (Å²) < 4.78 is 56.0. The molecule has 3 rings (SSSR count). The summed E-state index contributed by atoms with van der Waals surface area (Å²) in [6.07, 6.45) is -1.26. The number of hydrogen-bond donors (Lipinski definition) is 0. The van der Waals surface area contributed by atoms with Crippen molar-refractivity contribution < 1.29 is 17.6 Å². The first-order valence-corrected chi connectivity index (χ1v) is 9.55. The lowest BCUT2D eigenvalue weighted by molar-refractivity contribution is 0.123. The van der Waals surface area contributed by atoms with Crippen molar-refractivity contribution in [2.24, 2.45) is 0 Å². The number of alkyl halides is 2. The quantitative estimate of drug-likeness (QED) is 0.463. The van der Waals surface area contributed by atoms with Crippen molar-refractivity contribution in [3.63, 3.8) is 0 Å². The maximum atomic E-state index is 14.7. The molecule has 1 aliphatic rings. The Morgan fingerprint density at radius 1 is 1.03 bits per heavy atom. The molecule has 1 aliphatic heterocycles. The van der Waals surface area contributed by atoms with Crippen LogP contribution in [0.3, 0.4) is 0 Å². The van der Waals surface area contributed by atoms with Crippen molar-refractivity contribution in [1.82, 2.24) is 4.90 Å². The Balaban J connectivity index is 0.00000145. The van der Waals surface area contributed by atoms with Crippen LogP contribution >= 0.6 is 11.6 Å². The minimum Gasteiger partial charge on any atom is -0.334 e. The van der Waals surface area contributed by atoms with Gasteiger partial charge in [0, 0.05) is 5.57 Å². The fourth-order valence-corrected chi connectivity index (χ4v) is 3.27. The van der Waals surface area contributed by atoms with Crippen LogP contribution in [0.4, 0.5) is 17.6 Å². The van der Waals surface area contributed by atoms with Gasteiger partial charge in [-0.2, -0.15) is 0 Å². The molecule has 154 valence electrons. The second-order valence-electron chi connectivity index (χ2n) is 6.17. The number of hydrogen-bond acceptors (Lipinski definition) is 1. The zero-order valence-electron chi connectivity index (χ0n) is 16.4. The van der Waals surface area contributed by atoms with Gasteiger partial charge < -0.3 is 4.90 Å². The fourth-order valence-electron chi connectivity index (χ4n) is 3.06. The van der Waals surface area contributed by atoms with Gasteiger partial charge >= 0.3 is 0 Å². The van der Waals surface area contributed by atoms with Gasteiger partial charge in [0.25, 0.3) is 6.43 Å². The molecule has 2 aromatic rings. The first kappa shape index (κ1) is 22.8. The molecule has 0 atom stereocenters. The Kier molecular flexibility index (Phi) is 7.68. The van der Waals surface area contributed by atoms with Crippen LogP contribution < -0.4 is 0 Å². The van der Waals surface area contributed by atoms with Crippen molar-refractivity contribution in [2.75, 3.05) is 6.54 Å². The molecule has 0 aliphatic carbocycles. The maximum absolute atomic E-state index is 14.7. The van der Waals surface area contributed by atoms with E-state index < -0.39 is 24.6 Å². The van der Waals surface area contributed by atoms with Gasteiger partial charge in [0.05, 0.1) is 28.5 Å². The molecule has 0 aromatic heterocycles.